The van der Waals surface area contributed by atoms with Crippen molar-refractivity contribution in [3.05, 3.63) is 73.3 Å². The maximum atomic E-state index is 12.6. The number of rotatable bonds is 4. The SMILES string of the molecule is C=CC(=O)N1CCN(c2ccc(-c3cc(-c4cnn(C)c4)cn4ncc(C#N)c34)cc2)C(=O)C1. The van der Waals surface area contributed by atoms with Gasteiger partial charge in [-0.1, -0.05) is 18.7 Å². The number of carbonyl (C=O) groups excluding carboxylic acids is 2. The minimum absolute atomic E-state index is 0.0295. The van der Waals surface area contributed by atoms with Crippen LogP contribution in [0.15, 0.2) is 67.8 Å². The molecule has 0 bridgehead atoms. The zero-order chi connectivity index (χ0) is 23.8. The summed E-state index contributed by atoms with van der Waals surface area (Å²) in [6.45, 7) is 4.38. The molecule has 0 unspecified atom stereocenters. The zero-order valence-electron chi connectivity index (χ0n) is 18.5. The third kappa shape index (κ3) is 3.61. The molecule has 9 nitrogen and oxygen atoms in total. The van der Waals surface area contributed by atoms with Crippen LogP contribution in [-0.2, 0) is 16.6 Å². The highest BCUT2D eigenvalue weighted by atomic mass is 16.2. The average molecular weight is 451 g/mol. The lowest BCUT2D eigenvalue weighted by Crippen LogP contribution is -2.52. The van der Waals surface area contributed by atoms with E-state index in [2.05, 4.69) is 22.8 Å². The van der Waals surface area contributed by atoms with Crippen LogP contribution in [-0.4, -0.2) is 55.7 Å². The van der Waals surface area contributed by atoms with Crippen LogP contribution in [0.25, 0.3) is 27.8 Å². The van der Waals surface area contributed by atoms with Crippen LogP contribution in [0.2, 0.25) is 0 Å². The topological polar surface area (TPSA) is 99.5 Å². The van der Waals surface area contributed by atoms with Crippen LogP contribution in [0, 0.1) is 11.3 Å². The number of anilines is 1. The summed E-state index contributed by atoms with van der Waals surface area (Å²) in [5.41, 5.74) is 5.57. The van der Waals surface area contributed by atoms with Crippen molar-refractivity contribution in [2.45, 2.75) is 0 Å². The Labute approximate surface area is 195 Å². The van der Waals surface area contributed by atoms with Crippen LogP contribution in [0.3, 0.4) is 0 Å². The number of fused-ring (bicyclic) bond motifs is 1. The number of nitriles is 1. The summed E-state index contributed by atoms with van der Waals surface area (Å²) in [4.78, 5) is 27.6. The number of piperazine rings is 1. The van der Waals surface area contributed by atoms with E-state index in [4.69, 9.17) is 0 Å². The third-order valence-electron chi connectivity index (χ3n) is 5.97. The molecule has 1 aliphatic rings. The van der Waals surface area contributed by atoms with Crippen molar-refractivity contribution in [3.63, 3.8) is 0 Å². The lowest BCUT2D eigenvalue weighted by molar-refractivity contribution is -0.133. The predicted molar refractivity (Wildman–Crippen MR) is 127 cm³/mol. The van der Waals surface area contributed by atoms with Gasteiger partial charge in [-0.15, -0.1) is 0 Å². The van der Waals surface area contributed by atoms with Crippen LogP contribution < -0.4 is 4.90 Å². The zero-order valence-corrected chi connectivity index (χ0v) is 18.5. The van der Waals surface area contributed by atoms with E-state index < -0.39 is 0 Å². The molecule has 9 heteroatoms. The second-order valence-electron chi connectivity index (χ2n) is 8.06. The molecule has 0 atom stereocenters. The first-order valence-electron chi connectivity index (χ1n) is 10.7. The minimum atomic E-state index is -0.241. The number of benzene rings is 1. The fraction of sp³-hybridized carbons (Fsp3) is 0.160. The van der Waals surface area contributed by atoms with Crippen molar-refractivity contribution >= 4 is 23.0 Å². The monoisotopic (exact) mass is 451 g/mol. The van der Waals surface area contributed by atoms with Gasteiger partial charge in [-0.25, -0.2) is 4.52 Å². The van der Waals surface area contributed by atoms with E-state index in [9.17, 15) is 14.9 Å². The van der Waals surface area contributed by atoms with Gasteiger partial charge in [0.25, 0.3) is 0 Å². The van der Waals surface area contributed by atoms with E-state index >= 15 is 0 Å². The molecule has 5 rings (SSSR count). The molecule has 0 N–H and O–H groups in total. The van der Waals surface area contributed by atoms with Crippen LogP contribution in [0.4, 0.5) is 5.69 Å². The number of amides is 2. The highest BCUT2D eigenvalue weighted by molar-refractivity contribution is 6.00. The number of nitrogens with zero attached hydrogens (tertiary/aromatic N) is 7. The summed E-state index contributed by atoms with van der Waals surface area (Å²) < 4.78 is 3.45. The number of aryl methyl sites for hydroxylation is 1. The summed E-state index contributed by atoms with van der Waals surface area (Å²) in [6.07, 6.45) is 8.37. The quantitative estimate of drug-likeness (QED) is 0.444. The molecule has 1 aliphatic heterocycles. The number of hydrogen-bond donors (Lipinski definition) is 0. The first kappa shape index (κ1) is 21.2. The predicted octanol–water partition coefficient (Wildman–Crippen LogP) is 2.63. The lowest BCUT2D eigenvalue weighted by Gasteiger charge is -2.33. The molecule has 0 spiro atoms. The Morgan fingerprint density at radius 2 is 1.88 bits per heavy atom. The van der Waals surface area contributed by atoms with Crippen molar-refractivity contribution in [1.29, 1.82) is 5.26 Å². The highest BCUT2D eigenvalue weighted by Crippen LogP contribution is 2.33. The molecule has 0 aliphatic carbocycles. The molecule has 34 heavy (non-hydrogen) atoms. The van der Waals surface area contributed by atoms with Gasteiger partial charge in [0.2, 0.25) is 11.8 Å². The van der Waals surface area contributed by atoms with Gasteiger partial charge in [0.15, 0.2) is 0 Å². The van der Waals surface area contributed by atoms with Gasteiger partial charge in [-0.05, 0) is 29.8 Å². The summed E-state index contributed by atoms with van der Waals surface area (Å²) in [7, 11) is 1.86. The largest absolute Gasteiger partial charge is 0.328 e. The van der Waals surface area contributed by atoms with E-state index in [0.717, 1.165) is 33.5 Å². The molecule has 168 valence electrons. The van der Waals surface area contributed by atoms with Crippen molar-refractivity contribution < 1.29 is 9.59 Å². The molecule has 1 saturated heterocycles. The second kappa shape index (κ2) is 8.33. The molecule has 0 radical (unpaired) electrons. The first-order valence-corrected chi connectivity index (χ1v) is 10.7. The Morgan fingerprint density at radius 3 is 2.53 bits per heavy atom. The number of hydrogen-bond acceptors (Lipinski definition) is 5. The number of aromatic nitrogens is 4. The molecule has 0 saturated carbocycles. The Morgan fingerprint density at radius 1 is 1.09 bits per heavy atom. The highest BCUT2D eigenvalue weighted by Gasteiger charge is 2.27. The van der Waals surface area contributed by atoms with E-state index in [0.29, 0.717) is 18.7 Å². The molecule has 1 fully saturated rings. The van der Waals surface area contributed by atoms with Crippen molar-refractivity contribution in [2.24, 2.45) is 7.05 Å². The van der Waals surface area contributed by atoms with Gasteiger partial charge in [0.1, 0.15) is 12.6 Å². The van der Waals surface area contributed by atoms with Crippen LogP contribution >= 0.6 is 0 Å². The van der Waals surface area contributed by atoms with Gasteiger partial charge in [0, 0.05) is 54.9 Å². The van der Waals surface area contributed by atoms with E-state index in [1.807, 2.05) is 49.8 Å². The summed E-state index contributed by atoms with van der Waals surface area (Å²) in [5.74, 6) is -0.382. The van der Waals surface area contributed by atoms with Crippen LogP contribution in [0.1, 0.15) is 5.56 Å². The number of pyridine rings is 1. The molecule has 2 amide bonds. The number of carbonyl (C=O) groups is 2. The van der Waals surface area contributed by atoms with Gasteiger partial charge < -0.3 is 9.80 Å². The average Bonchev–Trinajstić information content (AvgIpc) is 3.49. The second-order valence-corrected chi connectivity index (χ2v) is 8.06. The van der Waals surface area contributed by atoms with E-state index in [1.54, 1.807) is 26.5 Å². The summed E-state index contributed by atoms with van der Waals surface area (Å²) in [5, 5.41) is 18.2. The van der Waals surface area contributed by atoms with Gasteiger partial charge in [0.05, 0.1) is 23.5 Å². The van der Waals surface area contributed by atoms with Gasteiger partial charge in [-0.3, -0.25) is 14.3 Å². The van der Waals surface area contributed by atoms with E-state index in [-0.39, 0.29) is 18.4 Å². The van der Waals surface area contributed by atoms with Crippen LogP contribution in [0.5, 0.6) is 0 Å². The Hall–Kier alpha value is -4.71. The normalized spacial score (nSPS) is 13.8. The summed E-state index contributed by atoms with van der Waals surface area (Å²) in [6, 6.07) is 11.9. The van der Waals surface area contributed by atoms with Gasteiger partial charge in [-0.2, -0.15) is 15.5 Å². The molecule has 1 aromatic carbocycles. The van der Waals surface area contributed by atoms with Crippen molar-refractivity contribution in [2.75, 3.05) is 24.5 Å². The van der Waals surface area contributed by atoms with Crippen molar-refractivity contribution in [1.82, 2.24) is 24.3 Å². The Bertz CT molecular complexity index is 1470. The fourth-order valence-corrected chi connectivity index (χ4v) is 4.24. The standard InChI is InChI=1S/C25H21N7O2/c1-3-23(33)30-8-9-31(24(34)16-30)21-6-4-17(5-7-21)22-10-18(20-13-27-29(2)14-20)15-32-25(22)19(11-26)12-28-32/h3-7,10,12-15H,1,8-9,16H2,2H3. The lowest BCUT2D eigenvalue weighted by atomic mass is 9.99. The Balaban J connectivity index is 1.51. The molecule has 4 aromatic rings. The first-order chi connectivity index (χ1) is 16.5. The third-order valence-corrected chi connectivity index (χ3v) is 5.97. The fourth-order valence-electron chi connectivity index (χ4n) is 4.24. The minimum Gasteiger partial charge on any atom is -0.328 e. The van der Waals surface area contributed by atoms with E-state index in [1.165, 1.54) is 11.0 Å². The van der Waals surface area contributed by atoms with Gasteiger partial charge >= 0.3 is 0 Å². The molecular weight excluding hydrogens is 430 g/mol. The summed E-state index contributed by atoms with van der Waals surface area (Å²) >= 11 is 0. The smallest absolute Gasteiger partial charge is 0.246 e. The Kier molecular flexibility index (Phi) is 5.18. The van der Waals surface area contributed by atoms with Crippen molar-refractivity contribution in [3.8, 4) is 28.3 Å². The molecular formula is C25H21N7O2. The maximum Gasteiger partial charge on any atom is 0.246 e. The molecule has 4 heterocycles. The molecule has 3 aromatic heterocycles. The maximum absolute atomic E-state index is 12.6.